The third kappa shape index (κ3) is 2.86. The van der Waals surface area contributed by atoms with Gasteiger partial charge < -0.3 is 9.64 Å². The summed E-state index contributed by atoms with van der Waals surface area (Å²) in [5.41, 5.74) is 1.15. The Bertz CT molecular complexity index is 688. The number of hydrogen-bond acceptors (Lipinski definition) is 2. The fourth-order valence-corrected chi connectivity index (χ4v) is 2.37. The molecular formula is C16H13F2NO2. The normalized spacial score (nSPS) is 13.5. The van der Waals surface area contributed by atoms with Crippen molar-refractivity contribution >= 4 is 11.6 Å². The number of ether oxygens (including phenoxy) is 1. The zero-order chi connectivity index (χ0) is 14.8. The van der Waals surface area contributed by atoms with E-state index in [1.807, 2.05) is 0 Å². The largest absolute Gasteiger partial charge is 0.489 e. The second-order valence-electron chi connectivity index (χ2n) is 4.81. The lowest BCUT2D eigenvalue weighted by Gasteiger charge is -2.29. The van der Waals surface area contributed by atoms with Crippen LogP contribution in [0, 0.1) is 11.6 Å². The van der Waals surface area contributed by atoms with Crippen LogP contribution < -0.4 is 9.64 Å². The van der Waals surface area contributed by atoms with Crippen molar-refractivity contribution in [2.24, 2.45) is 0 Å². The molecule has 1 aliphatic heterocycles. The topological polar surface area (TPSA) is 29.5 Å². The Morgan fingerprint density at radius 1 is 1.14 bits per heavy atom. The Morgan fingerprint density at radius 3 is 2.76 bits per heavy atom. The SMILES string of the molecule is O=C(Cc1cccc(F)c1)N1CCOc2cc(F)ccc21. The zero-order valence-corrected chi connectivity index (χ0v) is 11.2. The van der Waals surface area contributed by atoms with Gasteiger partial charge in [-0.1, -0.05) is 12.1 Å². The molecule has 21 heavy (non-hydrogen) atoms. The summed E-state index contributed by atoms with van der Waals surface area (Å²) in [5.74, 6) is -0.594. The van der Waals surface area contributed by atoms with Gasteiger partial charge in [-0.3, -0.25) is 4.79 Å². The van der Waals surface area contributed by atoms with Gasteiger partial charge in [-0.25, -0.2) is 8.78 Å². The first-order valence-corrected chi connectivity index (χ1v) is 6.60. The summed E-state index contributed by atoms with van der Waals surface area (Å²) >= 11 is 0. The van der Waals surface area contributed by atoms with Crippen molar-refractivity contribution in [1.82, 2.24) is 0 Å². The molecule has 108 valence electrons. The first-order valence-electron chi connectivity index (χ1n) is 6.60. The van der Waals surface area contributed by atoms with Crippen LogP contribution in [0.15, 0.2) is 42.5 Å². The van der Waals surface area contributed by atoms with Gasteiger partial charge >= 0.3 is 0 Å². The van der Waals surface area contributed by atoms with Crippen LogP contribution in [0.1, 0.15) is 5.56 Å². The number of rotatable bonds is 2. The summed E-state index contributed by atoms with van der Waals surface area (Å²) in [4.78, 5) is 13.9. The summed E-state index contributed by atoms with van der Waals surface area (Å²) < 4.78 is 31.7. The van der Waals surface area contributed by atoms with Crippen molar-refractivity contribution in [2.75, 3.05) is 18.1 Å². The lowest BCUT2D eigenvalue weighted by Crippen LogP contribution is -2.38. The summed E-state index contributed by atoms with van der Waals surface area (Å²) in [6, 6.07) is 10.0. The molecule has 0 atom stereocenters. The molecule has 0 unspecified atom stereocenters. The molecule has 3 nitrogen and oxygen atoms in total. The summed E-state index contributed by atoms with van der Waals surface area (Å²) in [5, 5.41) is 0. The summed E-state index contributed by atoms with van der Waals surface area (Å²) in [7, 11) is 0. The van der Waals surface area contributed by atoms with E-state index in [1.54, 1.807) is 17.0 Å². The van der Waals surface area contributed by atoms with Crippen molar-refractivity contribution in [3.8, 4) is 5.75 Å². The molecule has 0 N–H and O–H groups in total. The van der Waals surface area contributed by atoms with E-state index in [9.17, 15) is 13.6 Å². The minimum atomic E-state index is -0.409. The van der Waals surface area contributed by atoms with Gasteiger partial charge in [0.15, 0.2) is 0 Å². The molecule has 0 saturated heterocycles. The van der Waals surface area contributed by atoms with Gasteiger partial charge in [0.2, 0.25) is 5.91 Å². The monoisotopic (exact) mass is 289 g/mol. The van der Waals surface area contributed by atoms with Crippen LogP contribution in [0.2, 0.25) is 0 Å². The number of benzene rings is 2. The molecule has 5 heteroatoms. The van der Waals surface area contributed by atoms with Gasteiger partial charge in [0, 0.05) is 6.07 Å². The third-order valence-electron chi connectivity index (χ3n) is 3.33. The van der Waals surface area contributed by atoms with Crippen LogP contribution in [0.4, 0.5) is 14.5 Å². The van der Waals surface area contributed by atoms with E-state index in [-0.39, 0.29) is 18.1 Å². The number of anilines is 1. The van der Waals surface area contributed by atoms with Crippen LogP contribution in [0.3, 0.4) is 0 Å². The first-order chi connectivity index (χ1) is 10.1. The molecular weight excluding hydrogens is 276 g/mol. The van der Waals surface area contributed by atoms with Gasteiger partial charge in [0.1, 0.15) is 24.0 Å². The Labute approximate surface area is 120 Å². The van der Waals surface area contributed by atoms with Crippen LogP contribution >= 0.6 is 0 Å². The van der Waals surface area contributed by atoms with Crippen molar-refractivity contribution in [1.29, 1.82) is 0 Å². The van der Waals surface area contributed by atoms with Crippen molar-refractivity contribution in [3.05, 3.63) is 59.7 Å². The molecule has 3 rings (SSSR count). The van der Waals surface area contributed by atoms with Crippen LogP contribution in [-0.2, 0) is 11.2 Å². The molecule has 0 aliphatic carbocycles. The minimum Gasteiger partial charge on any atom is -0.489 e. The molecule has 2 aromatic rings. The highest BCUT2D eigenvalue weighted by Gasteiger charge is 2.24. The predicted molar refractivity (Wildman–Crippen MR) is 74.4 cm³/mol. The predicted octanol–water partition coefficient (Wildman–Crippen LogP) is 2.93. The highest BCUT2D eigenvalue weighted by molar-refractivity contribution is 5.96. The number of halogens is 2. The molecule has 1 amide bonds. The minimum absolute atomic E-state index is 0.0918. The molecule has 0 aromatic heterocycles. The number of amides is 1. The zero-order valence-electron chi connectivity index (χ0n) is 11.2. The fourth-order valence-electron chi connectivity index (χ4n) is 2.37. The number of carbonyl (C=O) groups excluding carboxylic acids is 1. The molecule has 1 aliphatic rings. The Balaban J connectivity index is 1.83. The molecule has 2 aromatic carbocycles. The maximum atomic E-state index is 13.2. The molecule has 0 bridgehead atoms. The Hall–Kier alpha value is -2.43. The van der Waals surface area contributed by atoms with E-state index in [1.165, 1.54) is 30.3 Å². The second-order valence-corrected chi connectivity index (χ2v) is 4.81. The van der Waals surface area contributed by atoms with Crippen molar-refractivity contribution in [3.63, 3.8) is 0 Å². The van der Waals surface area contributed by atoms with Crippen molar-refractivity contribution < 1.29 is 18.3 Å². The quantitative estimate of drug-likeness (QED) is 0.850. The molecule has 0 saturated carbocycles. The average molecular weight is 289 g/mol. The van der Waals surface area contributed by atoms with E-state index >= 15 is 0 Å². The molecule has 1 heterocycles. The van der Waals surface area contributed by atoms with E-state index in [4.69, 9.17) is 4.74 Å². The van der Waals surface area contributed by atoms with Crippen LogP contribution in [0.25, 0.3) is 0 Å². The van der Waals surface area contributed by atoms with Gasteiger partial charge in [-0.2, -0.15) is 0 Å². The van der Waals surface area contributed by atoms with E-state index in [2.05, 4.69) is 0 Å². The number of fused-ring (bicyclic) bond motifs is 1. The first kappa shape index (κ1) is 13.5. The number of hydrogen-bond donors (Lipinski definition) is 0. The maximum Gasteiger partial charge on any atom is 0.231 e. The molecule has 0 spiro atoms. The standard InChI is InChI=1S/C16H13F2NO2/c17-12-3-1-2-11(8-12)9-16(20)19-6-7-21-15-10-13(18)4-5-14(15)19/h1-5,8,10H,6-7,9H2. The van der Waals surface area contributed by atoms with E-state index < -0.39 is 5.82 Å². The maximum absolute atomic E-state index is 13.2. The Morgan fingerprint density at radius 2 is 1.95 bits per heavy atom. The highest BCUT2D eigenvalue weighted by atomic mass is 19.1. The summed E-state index contributed by atoms with van der Waals surface area (Å²) in [6.45, 7) is 0.706. The lowest BCUT2D eigenvalue weighted by atomic mass is 10.1. The van der Waals surface area contributed by atoms with Crippen molar-refractivity contribution in [2.45, 2.75) is 6.42 Å². The summed E-state index contributed by atoms with van der Waals surface area (Å²) in [6.07, 6.45) is 0.0918. The Kier molecular flexibility index (Phi) is 3.56. The van der Waals surface area contributed by atoms with Gasteiger partial charge in [-0.15, -0.1) is 0 Å². The van der Waals surface area contributed by atoms with Gasteiger partial charge in [0.25, 0.3) is 0 Å². The third-order valence-corrected chi connectivity index (χ3v) is 3.33. The second kappa shape index (κ2) is 5.52. The number of nitrogens with zero attached hydrogens (tertiary/aromatic N) is 1. The number of carbonyl (C=O) groups is 1. The van der Waals surface area contributed by atoms with Crippen LogP contribution in [0.5, 0.6) is 5.75 Å². The average Bonchev–Trinajstić information content (AvgIpc) is 2.46. The molecule has 0 radical (unpaired) electrons. The highest BCUT2D eigenvalue weighted by Crippen LogP contribution is 2.32. The van der Waals surface area contributed by atoms with Gasteiger partial charge in [-0.05, 0) is 29.8 Å². The van der Waals surface area contributed by atoms with Crippen LogP contribution in [-0.4, -0.2) is 19.1 Å². The smallest absolute Gasteiger partial charge is 0.231 e. The molecule has 0 fully saturated rings. The fraction of sp³-hybridized carbons (Fsp3) is 0.188. The van der Waals surface area contributed by atoms with E-state index in [0.29, 0.717) is 30.2 Å². The van der Waals surface area contributed by atoms with Gasteiger partial charge in [0.05, 0.1) is 18.7 Å². The van der Waals surface area contributed by atoms with E-state index in [0.717, 1.165) is 0 Å². The lowest BCUT2D eigenvalue weighted by molar-refractivity contribution is -0.118.